The molecule has 0 aliphatic heterocycles. The first-order valence-corrected chi connectivity index (χ1v) is 5.82. The first-order valence-electron chi connectivity index (χ1n) is 5.44. The normalized spacial score (nSPS) is 15.1. The van der Waals surface area contributed by atoms with Crippen LogP contribution in [0.4, 0.5) is 13.2 Å². The molecule has 5 nitrogen and oxygen atoms in total. The lowest BCUT2D eigenvalue weighted by atomic mass is 10.1. The Hall–Kier alpha value is -1.85. The molecule has 1 unspecified atom stereocenters. The van der Waals surface area contributed by atoms with Gasteiger partial charge in [-0.05, 0) is 19.1 Å². The predicted molar refractivity (Wildman–Crippen MR) is 65.7 cm³/mol. The maximum absolute atomic E-state index is 12.7. The van der Waals surface area contributed by atoms with E-state index in [9.17, 15) is 13.2 Å². The van der Waals surface area contributed by atoms with E-state index in [1.54, 1.807) is 0 Å². The van der Waals surface area contributed by atoms with E-state index < -0.39 is 17.3 Å². The van der Waals surface area contributed by atoms with Crippen molar-refractivity contribution >= 4 is 22.6 Å². The minimum Gasteiger partial charge on any atom is -0.312 e. The molecule has 9 heteroatoms. The van der Waals surface area contributed by atoms with Crippen LogP contribution in [0.5, 0.6) is 0 Å². The number of hydrogen-bond donors (Lipinski definition) is 1. The van der Waals surface area contributed by atoms with Gasteiger partial charge in [0.2, 0.25) is 0 Å². The number of aromatic nitrogens is 3. The Morgan fingerprint density at radius 1 is 1.40 bits per heavy atom. The molecule has 0 aliphatic rings. The molecule has 2 rings (SSSR count). The molecule has 0 saturated heterocycles. The number of nitrogens with two attached hydrogens (primary N) is 1. The van der Waals surface area contributed by atoms with Crippen LogP contribution in [0.15, 0.2) is 12.1 Å². The van der Waals surface area contributed by atoms with E-state index in [1.807, 2.05) is 6.07 Å². The fraction of sp³-hybridized carbons (Fsp3) is 0.364. The quantitative estimate of drug-likeness (QED) is 0.923. The molecule has 106 valence electrons. The summed E-state index contributed by atoms with van der Waals surface area (Å²) < 4.78 is 38.0. The highest BCUT2D eigenvalue weighted by atomic mass is 35.5. The van der Waals surface area contributed by atoms with Crippen molar-refractivity contribution in [2.45, 2.75) is 25.2 Å². The number of rotatable bonds is 2. The van der Waals surface area contributed by atoms with Gasteiger partial charge in [0.1, 0.15) is 16.6 Å². The Labute approximate surface area is 116 Å². The maximum Gasteiger partial charge on any atom is 0.416 e. The van der Waals surface area contributed by atoms with Gasteiger partial charge in [-0.3, -0.25) is 0 Å². The van der Waals surface area contributed by atoms with Crippen molar-refractivity contribution in [1.82, 2.24) is 15.0 Å². The summed E-state index contributed by atoms with van der Waals surface area (Å²) in [6.07, 6.45) is -4.52. The minimum absolute atomic E-state index is 0.00133. The topological polar surface area (TPSA) is 80.5 Å². The first-order chi connectivity index (χ1) is 9.12. The summed E-state index contributed by atoms with van der Waals surface area (Å²) in [5.74, 6) is 0. The summed E-state index contributed by atoms with van der Waals surface area (Å²) in [7, 11) is 0. The summed E-state index contributed by atoms with van der Waals surface area (Å²) in [4.78, 5) is 1.07. The maximum atomic E-state index is 12.7. The second-order valence-electron chi connectivity index (χ2n) is 4.58. The molecule has 2 N–H and O–H groups in total. The van der Waals surface area contributed by atoms with Crippen molar-refractivity contribution in [3.05, 3.63) is 22.7 Å². The van der Waals surface area contributed by atoms with Crippen LogP contribution >= 0.6 is 11.6 Å². The van der Waals surface area contributed by atoms with Crippen molar-refractivity contribution < 1.29 is 13.2 Å². The number of alkyl halides is 3. The number of fused-ring (bicyclic) bond motifs is 1. The van der Waals surface area contributed by atoms with Gasteiger partial charge in [0.25, 0.3) is 0 Å². The standard InChI is InChI=1S/C11H9ClF3N5/c1-10(17,4-16)5-20-18-8-3-6(11(13,14)15)2-7(12)9(8)19-20/h2-3H,5,17H2,1H3. The van der Waals surface area contributed by atoms with Gasteiger partial charge in [-0.1, -0.05) is 11.6 Å². The summed E-state index contributed by atoms with van der Waals surface area (Å²) in [6.45, 7) is 1.40. The Kier molecular flexibility index (Phi) is 3.36. The van der Waals surface area contributed by atoms with Crippen molar-refractivity contribution in [1.29, 1.82) is 5.26 Å². The third kappa shape index (κ3) is 2.84. The van der Waals surface area contributed by atoms with E-state index in [-0.39, 0.29) is 22.6 Å². The van der Waals surface area contributed by atoms with Gasteiger partial charge < -0.3 is 5.73 Å². The molecule has 0 radical (unpaired) electrons. The van der Waals surface area contributed by atoms with Crippen LogP contribution in [0.3, 0.4) is 0 Å². The van der Waals surface area contributed by atoms with Gasteiger partial charge in [-0.25, -0.2) is 0 Å². The van der Waals surface area contributed by atoms with Crippen LogP contribution in [-0.4, -0.2) is 20.5 Å². The van der Waals surface area contributed by atoms with Gasteiger partial charge in [0, 0.05) is 0 Å². The molecule has 1 atom stereocenters. The highest BCUT2D eigenvalue weighted by Crippen LogP contribution is 2.34. The smallest absolute Gasteiger partial charge is 0.312 e. The number of nitrogens with zero attached hydrogens (tertiary/aromatic N) is 4. The predicted octanol–water partition coefficient (Wildman–Crippen LogP) is 2.34. The lowest BCUT2D eigenvalue weighted by Gasteiger charge is -2.13. The lowest BCUT2D eigenvalue weighted by molar-refractivity contribution is -0.137. The van der Waals surface area contributed by atoms with Gasteiger partial charge in [-0.15, -0.1) is 0 Å². The summed E-state index contributed by atoms with van der Waals surface area (Å²) in [5.41, 5.74) is 3.63. The molecule has 0 bridgehead atoms. The second kappa shape index (κ2) is 4.61. The molecular weight excluding hydrogens is 295 g/mol. The zero-order valence-electron chi connectivity index (χ0n) is 10.2. The van der Waals surface area contributed by atoms with Crippen LogP contribution in [0.25, 0.3) is 11.0 Å². The first kappa shape index (κ1) is 14.6. The molecule has 0 fully saturated rings. The summed E-state index contributed by atoms with van der Waals surface area (Å²) in [6, 6.07) is 3.49. The van der Waals surface area contributed by atoms with Crippen LogP contribution in [0.1, 0.15) is 12.5 Å². The molecular formula is C11H9ClF3N5. The second-order valence-corrected chi connectivity index (χ2v) is 4.99. The van der Waals surface area contributed by atoms with E-state index in [2.05, 4.69) is 10.2 Å². The molecule has 1 aromatic carbocycles. The fourth-order valence-electron chi connectivity index (χ4n) is 1.59. The summed E-state index contributed by atoms with van der Waals surface area (Å²) >= 11 is 5.77. The van der Waals surface area contributed by atoms with E-state index in [0.29, 0.717) is 0 Å². The SMILES string of the molecule is CC(N)(C#N)Cn1nc2cc(C(F)(F)F)cc(Cl)c2n1. The van der Waals surface area contributed by atoms with E-state index in [1.165, 1.54) is 6.92 Å². The molecule has 1 aromatic heterocycles. The largest absolute Gasteiger partial charge is 0.416 e. The highest BCUT2D eigenvalue weighted by molar-refractivity contribution is 6.34. The number of benzene rings is 1. The van der Waals surface area contributed by atoms with Crippen molar-refractivity contribution in [2.75, 3.05) is 0 Å². The average molecular weight is 304 g/mol. The summed E-state index contributed by atoms with van der Waals surface area (Å²) in [5, 5.41) is 16.5. The Bertz CT molecular complexity index is 698. The lowest BCUT2D eigenvalue weighted by Crippen LogP contribution is -2.39. The van der Waals surface area contributed by atoms with Gasteiger partial charge in [0.15, 0.2) is 0 Å². The number of halogens is 4. The third-order valence-electron chi connectivity index (χ3n) is 2.53. The molecule has 1 heterocycles. The van der Waals surface area contributed by atoms with Crippen LogP contribution in [0.2, 0.25) is 5.02 Å². The Morgan fingerprint density at radius 3 is 2.60 bits per heavy atom. The molecule has 0 saturated carbocycles. The van der Waals surface area contributed by atoms with Crippen molar-refractivity contribution in [3.63, 3.8) is 0 Å². The van der Waals surface area contributed by atoms with Gasteiger partial charge in [-0.2, -0.15) is 33.4 Å². The van der Waals surface area contributed by atoms with E-state index in [0.717, 1.165) is 16.9 Å². The Morgan fingerprint density at radius 2 is 2.05 bits per heavy atom. The van der Waals surface area contributed by atoms with E-state index >= 15 is 0 Å². The third-order valence-corrected chi connectivity index (χ3v) is 2.82. The molecule has 0 amide bonds. The van der Waals surface area contributed by atoms with E-state index in [4.69, 9.17) is 22.6 Å². The monoisotopic (exact) mass is 303 g/mol. The minimum atomic E-state index is -4.52. The number of hydrogen-bond acceptors (Lipinski definition) is 4. The average Bonchev–Trinajstić information content (AvgIpc) is 2.70. The number of nitriles is 1. The molecule has 0 spiro atoms. The van der Waals surface area contributed by atoms with Crippen LogP contribution in [0, 0.1) is 11.3 Å². The highest BCUT2D eigenvalue weighted by Gasteiger charge is 2.32. The van der Waals surface area contributed by atoms with Crippen LogP contribution < -0.4 is 5.73 Å². The van der Waals surface area contributed by atoms with Gasteiger partial charge >= 0.3 is 6.18 Å². The molecule has 0 aliphatic carbocycles. The molecule has 20 heavy (non-hydrogen) atoms. The zero-order valence-corrected chi connectivity index (χ0v) is 11.0. The van der Waals surface area contributed by atoms with Crippen LogP contribution in [-0.2, 0) is 12.7 Å². The zero-order chi connectivity index (χ0) is 15.1. The Balaban J connectivity index is 2.50. The molecule has 2 aromatic rings. The van der Waals surface area contributed by atoms with Gasteiger partial charge in [0.05, 0.1) is 23.2 Å². The van der Waals surface area contributed by atoms with Crippen molar-refractivity contribution in [2.24, 2.45) is 5.73 Å². The van der Waals surface area contributed by atoms with Crippen molar-refractivity contribution in [3.8, 4) is 6.07 Å². The fourth-order valence-corrected chi connectivity index (χ4v) is 1.84.